The molecule has 0 unspecified atom stereocenters. The Morgan fingerprint density at radius 3 is 2.79 bits per heavy atom. The molecule has 3 rings (SSSR count). The summed E-state index contributed by atoms with van der Waals surface area (Å²) in [4.78, 5) is 4.66. The van der Waals surface area contributed by atoms with Gasteiger partial charge in [-0.25, -0.2) is 4.98 Å². The first-order valence-corrected chi connectivity index (χ1v) is 6.80. The number of benzene rings is 2. The van der Waals surface area contributed by atoms with Crippen molar-refractivity contribution in [3.63, 3.8) is 0 Å². The molecule has 0 radical (unpaired) electrons. The lowest BCUT2D eigenvalue weighted by Gasteiger charge is -2.06. The first-order valence-electron chi connectivity index (χ1n) is 5.98. The largest absolute Gasteiger partial charge is 0.496 e. The van der Waals surface area contributed by atoms with Crippen molar-refractivity contribution in [3.8, 4) is 16.3 Å². The summed E-state index contributed by atoms with van der Waals surface area (Å²) in [5.74, 6) is 0.845. The fourth-order valence-corrected chi connectivity index (χ4v) is 3.08. The van der Waals surface area contributed by atoms with Crippen LogP contribution >= 0.6 is 11.3 Å². The van der Waals surface area contributed by atoms with E-state index in [-0.39, 0.29) is 0 Å². The van der Waals surface area contributed by atoms with Gasteiger partial charge in [-0.05, 0) is 37.3 Å². The monoisotopic (exact) mass is 270 g/mol. The minimum absolute atomic E-state index is 0.763. The molecule has 19 heavy (non-hydrogen) atoms. The van der Waals surface area contributed by atoms with Gasteiger partial charge in [0.1, 0.15) is 10.8 Å². The van der Waals surface area contributed by atoms with Crippen molar-refractivity contribution in [2.45, 2.75) is 6.92 Å². The SMILES string of the molecule is COc1ccc(C)cc1-c1nc2ccc(N)cc2s1. The normalized spacial score (nSPS) is 10.8. The maximum absolute atomic E-state index is 5.81. The van der Waals surface area contributed by atoms with Crippen LogP contribution in [0.15, 0.2) is 36.4 Å². The molecule has 0 fully saturated rings. The fourth-order valence-electron chi connectivity index (χ4n) is 2.05. The Labute approximate surface area is 115 Å². The highest BCUT2D eigenvalue weighted by Gasteiger charge is 2.11. The topological polar surface area (TPSA) is 48.1 Å². The lowest BCUT2D eigenvalue weighted by atomic mass is 10.1. The molecule has 0 saturated heterocycles. The van der Waals surface area contributed by atoms with Crippen LogP contribution in [0.25, 0.3) is 20.8 Å². The van der Waals surface area contributed by atoms with Gasteiger partial charge in [0.15, 0.2) is 0 Å². The van der Waals surface area contributed by atoms with E-state index in [9.17, 15) is 0 Å². The van der Waals surface area contributed by atoms with E-state index in [1.54, 1.807) is 18.4 Å². The summed E-state index contributed by atoms with van der Waals surface area (Å²) in [6.07, 6.45) is 0. The number of aryl methyl sites for hydroxylation is 1. The number of fused-ring (bicyclic) bond motifs is 1. The van der Waals surface area contributed by atoms with E-state index >= 15 is 0 Å². The van der Waals surface area contributed by atoms with Gasteiger partial charge in [-0.2, -0.15) is 0 Å². The second kappa shape index (κ2) is 4.55. The van der Waals surface area contributed by atoms with E-state index in [1.807, 2.05) is 30.3 Å². The molecule has 0 bridgehead atoms. The molecule has 0 aliphatic carbocycles. The van der Waals surface area contributed by atoms with Crippen LogP contribution < -0.4 is 10.5 Å². The van der Waals surface area contributed by atoms with Crippen LogP contribution in [0.2, 0.25) is 0 Å². The van der Waals surface area contributed by atoms with Crippen LogP contribution in [-0.2, 0) is 0 Å². The summed E-state index contributed by atoms with van der Waals surface area (Å²) in [6.45, 7) is 2.06. The summed E-state index contributed by atoms with van der Waals surface area (Å²) in [7, 11) is 1.68. The van der Waals surface area contributed by atoms with Gasteiger partial charge in [-0.1, -0.05) is 11.6 Å². The average molecular weight is 270 g/mol. The van der Waals surface area contributed by atoms with Crippen molar-refractivity contribution < 1.29 is 4.74 Å². The van der Waals surface area contributed by atoms with Gasteiger partial charge in [0.2, 0.25) is 0 Å². The number of ether oxygens (including phenoxy) is 1. The van der Waals surface area contributed by atoms with Crippen LogP contribution in [0.4, 0.5) is 5.69 Å². The standard InChI is InChI=1S/C15H14N2OS/c1-9-3-6-13(18-2)11(7-9)15-17-12-5-4-10(16)8-14(12)19-15/h3-8H,16H2,1-2H3. The Kier molecular flexibility index (Phi) is 2.87. The van der Waals surface area contributed by atoms with Crippen molar-refractivity contribution in [2.24, 2.45) is 0 Å². The first-order chi connectivity index (χ1) is 9.17. The van der Waals surface area contributed by atoms with Crippen molar-refractivity contribution in [1.82, 2.24) is 4.98 Å². The van der Waals surface area contributed by atoms with Gasteiger partial charge in [-0.3, -0.25) is 0 Å². The maximum atomic E-state index is 5.81. The second-order valence-corrected chi connectivity index (χ2v) is 5.48. The van der Waals surface area contributed by atoms with Gasteiger partial charge >= 0.3 is 0 Å². The highest BCUT2D eigenvalue weighted by atomic mass is 32.1. The molecule has 3 aromatic rings. The van der Waals surface area contributed by atoms with Crippen LogP contribution in [0.1, 0.15) is 5.56 Å². The average Bonchev–Trinajstić information content (AvgIpc) is 2.81. The van der Waals surface area contributed by atoms with Gasteiger partial charge in [-0.15, -0.1) is 11.3 Å². The summed E-state index contributed by atoms with van der Waals surface area (Å²) >= 11 is 1.63. The number of hydrogen-bond donors (Lipinski definition) is 1. The van der Waals surface area contributed by atoms with E-state index < -0.39 is 0 Å². The van der Waals surface area contributed by atoms with Gasteiger partial charge < -0.3 is 10.5 Å². The summed E-state index contributed by atoms with van der Waals surface area (Å²) in [5.41, 5.74) is 9.76. The predicted molar refractivity (Wildman–Crippen MR) is 80.8 cm³/mol. The Morgan fingerprint density at radius 1 is 1.16 bits per heavy atom. The Hall–Kier alpha value is -2.07. The Balaban J connectivity index is 2.21. The van der Waals surface area contributed by atoms with E-state index in [2.05, 4.69) is 18.0 Å². The molecule has 2 aromatic carbocycles. The number of nitrogens with two attached hydrogens (primary N) is 1. The number of anilines is 1. The van der Waals surface area contributed by atoms with Crippen molar-refractivity contribution >= 4 is 27.2 Å². The van der Waals surface area contributed by atoms with Crippen LogP contribution in [0.3, 0.4) is 0 Å². The lowest BCUT2D eigenvalue weighted by molar-refractivity contribution is 0.416. The first kappa shape index (κ1) is 12.0. The number of thiazole rings is 1. The molecule has 0 atom stereocenters. The molecule has 4 heteroatoms. The highest BCUT2D eigenvalue weighted by molar-refractivity contribution is 7.21. The number of nitrogens with zero attached hydrogens (tertiary/aromatic N) is 1. The van der Waals surface area contributed by atoms with Gasteiger partial charge in [0.05, 0.1) is 22.9 Å². The quantitative estimate of drug-likeness (QED) is 0.719. The summed E-state index contributed by atoms with van der Waals surface area (Å²) in [6, 6.07) is 11.9. The molecule has 1 aromatic heterocycles. The smallest absolute Gasteiger partial charge is 0.129 e. The van der Waals surface area contributed by atoms with E-state index in [4.69, 9.17) is 10.5 Å². The van der Waals surface area contributed by atoms with Crippen LogP contribution in [0.5, 0.6) is 5.75 Å². The minimum Gasteiger partial charge on any atom is -0.496 e. The molecule has 96 valence electrons. The van der Waals surface area contributed by atoms with Gasteiger partial charge in [0, 0.05) is 5.69 Å². The predicted octanol–water partition coefficient (Wildman–Crippen LogP) is 3.86. The zero-order valence-electron chi connectivity index (χ0n) is 10.8. The van der Waals surface area contributed by atoms with E-state index in [0.29, 0.717) is 0 Å². The number of rotatable bonds is 2. The molecule has 0 aliphatic heterocycles. The molecule has 2 N–H and O–H groups in total. The van der Waals surface area contributed by atoms with Crippen LogP contribution in [0, 0.1) is 6.92 Å². The van der Waals surface area contributed by atoms with E-state index in [1.165, 1.54) is 5.56 Å². The van der Waals surface area contributed by atoms with Crippen molar-refractivity contribution in [3.05, 3.63) is 42.0 Å². The lowest BCUT2D eigenvalue weighted by Crippen LogP contribution is -1.88. The number of aromatic nitrogens is 1. The molecular weight excluding hydrogens is 256 g/mol. The van der Waals surface area contributed by atoms with E-state index in [0.717, 1.165) is 32.2 Å². The molecule has 0 amide bonds. The third-order valence-corrected chi connectivity index (χ3v) is 4.05. The minimum atomic E-state index is 0.763. The van der Waals surface area contributed by atoms with Gasteiger partial charge in [0.25, 0.3) is 0 Å². The van der Waals surface area contributed by atoms with Crippen molar-refractivity contribution in [2.75, 3.05) is 12.8 Å². The fraction of sp³-hybridized carbons (Fsp3) is 0.133. The summed E-state index contributed by atoms with van der Waals surface area (Å²) in [5, 5.41) is 0.959. The molecule has 1 heterocycles. The molecule has 0 spiro atoms. The molecule has 3 nitrogen and oxygen atoms in total. The Bertz CT molecular complexity index is 749. The highest BCUT2D eigenvalue weighted by Crippen LogP contribution is 2.36. The number of methoxy groups -OCH3 is 1. The Morgan fingerprint density at radius 2 is 2.00 bits per heavy atom. The second-order valence-electron chi connectivity index (χ2n) is 4.45. The number of nitrogen functional groups attached to an aromatic ring is 1. The zero-order valence-corrected chi connectivity index (χ0v) is 11.6. The number of hydrogen-bond acceptors (Lipinski definition) is 4. The maximum Gasteiger partial charge on any atom is 0.129 e. The molecule has 0 aliphatic rings. The molecule has 0 saturated carbocycles. The zero-order chi connectivity index (χ0) is 13.4. The third kappa shape index (κ3) is 2.15. The van der Waals surface area contributed by atoms with Crippen LogP contribution in [-0.4, -0.2) is 12.1 Å². The molecular formula is C15H14N2OS. The third-order valence-electron chi connectivity index (χ3n) is 3.00. The summed E-state index contributed by atoms with van der Waals surface area (Å²) < 4.78 is 6.51. The van der Waals surface area contributed by atoms with Crippen molar-refractivity contribution in [1.29, 1.82) is 0 Å².